The number of piperazine rings is 1. The molecule has 1 aliphatic rings. The molecule has 0 aromatic heterocycles. The summed E-state index contributed by atoms with van der Waals surface area (Å²) in [6, 6.07) is 7.47. The lowest BCUT2D eigenvalue weighted by Gasteiger charge is -2.37. The molecule has 0 radical (unpaired) electrons. The Kier molecular flexibility index (Phi) is 11.3. The molecule has 1 atom stereocenters. The number of aliphatic hydroxyl groups is 1. The van der Waals surface area contributed by atoms with Crippen molar-refractivity contribution in [2.24, 2.45) is 10.4 Å². The molecule has 0 aliphatic carbocycles. The summed E-state index contributed by atoms with van der Waals surface area (Å²) in [6.45, 7) is 10.5. The third kappa shape index (κ3) is 7.94. The summed E-state index contributed by atoms with van der Waals surface area (Å²) in [7, 11) is 0. The maximum absolute atomic E-state index is 12.6. The molecule has 0 bridgehead atoms. The van der Waals surface area contributed by atoms with Gasteiger partial charge in [-0.05, 0) is 31.0 Å². The van der Waals surface area contributed by atoms with Gasteiger partial charge in [0.2, 0.25) is 5.91 Å². The average molecular weight is 537 g/mol. The van der Waals surface area contributed by atoms with Crippen LogP contribution in [-0.2, 0) is 11.2 Å². The number of guanidine groups is 1. The smallest absolute Gasteiger partial charge is 0.227 e. The standard InChI is InChI=1S/C21H33ClN4O2.HI/c1-4-21(3,16-27)15-24-20(23-5-2)26-11-9-25(10-12-26)19(28)14-17-7-6-8-18(22)13-17;/h6-8,13,27H,4-5,9-12,14-16H2,1-3H3,(H,23,24);1H. The Hall–Kier alpha value is -1.06. The third-order valence-electron chi connectivity index (χ3n) is 5.36. The molecule has 1 unspecified atom stereocenters. The van der Waals surface area contributed by atoms with Gasteiger partial charge in [0.1, 0.15) is 0 Å². The van der Waals surface area contributed by atoms with Crippen LogP contribution in [0.25, 0.3) is 0 Å². The third-order valence-corrected chi connectivity index (χ3v) is 5.59. The predicted octanol–water partition coefficient (Wildman–Crippen LogP) is 3.02. The molecule has 1 heterocycles. The number of halogens is 2. The van der Waals surface area contributed by atoms with E-state index in [1.54, 1.807) is 0 Å². The van der Waals surface area contributed by atoms with Crippen molar-refractivity contribution in [1.82, 2.24) is 15.1 Å². The van der Waals surface area contributed by atoms with Crippen molar-refractivity contribution in [3.05, 3.63) is 34.9 Å². The van der Waals surface area contributed by atoms with Gasteiger partial charge in [-0.2, -0.15) is 0 Å². The number of carbonyl (C=O) groups excluding carboxylic acids is 1. The van der Waals surface area contributed by atoms with Crippen LogP contribution in [0.4, 0.5) is 0 Å². The minimum absolute atomic E-state index is 0. The maximum atomic E-state index is 12.6. The van der Waals surface area contributed by atoms with Gasteiger partial charge in [0.05, 0.1) is 19.6 Å². The van der Waals surface area contributed by atoms with Crippen LogP contribution in [-0.4, -0.2) is 72.6 Å². The van der Waals surface area contributed by atoms with Crippen molar-refractivity contribution in [3.8, 4) is 0 Å². The van der Waals surface area contributed by atoms with E-state index in [-0.39, 0.29) is 41.9 Å². The minimum Gasteiger partial charge on any atom is -0.396 e. The lowest BCUT2D eigenvalue weighted by Crippen LogP contribution is -2.54. The second-order valence-corrected chi connectivity index (χ2v) is 8.10. The molecule has 1 aromatic carbocycles. The largest absolute Gasteiger partial charge is 0.396 e. The molecule has 1 aromatic rings. The topological polar surface area (TPSA) is 68.2 Å². The molecule has 29 heavy (non-hydrogen) atoms. The van der Waals surface area contributed by atoms with E-state index in [1.165, 1.54) is 0 Å². The number of rotatable bonds is 7. The molecule has 2 rings (SSSR count). The number of carbonyl (C=O) groups is 1. The lowest BCUT2D eigenvalue weighted by atomic mass is 9.89. The van der Waals surface area contributed by atoms with E-state index in [1.807, 2.05) is 43.0 Å². The normalized spacial score (nSPS) is 16.8. The van der Waals surface area contributed by atoms with Gasteiger partial charge < -0.3 is 20.2 Å². The highest BCUT2D eigenvalue weighted by Gasteiger charge is 2.25. The highest BCUT2D eigenvalue weighted by molar-refractivity contribution is 14.0. The van der Waals surface area contributed by atoms with Crippen molar-refractivity contribution in [1.29, 1.82) is 0 Å². The first-order valence-corrected chi connectivity index (χ1v) is 10.4. The zero-order chi connectivity index (χ0) is 20.6. The first-order chi connectivity index (χ1) is 13.4. The monoisotopic (exact) mass is 536 g/mol. The number of hydrogen-bond acceptors (Lipinski definition) is 3. The van der Waals surface area contributed by atoms with Crippen LogP contribution in [0.1, 0.15) is 32.8 Å². The lowest BCUT2D eigenvalue weighted by molar-refractivity contribution is -0.131. The first-order valence-electron chi connectivity index (χ1n) is 10.1. The Morgan fingerprint density at radius 2 is 1.90 bits per heavy atom. The molecule has 1 aliphatic heterocycles. The van der Waals surface area contributed by atoms with E-state index >= 15 is 0 Å². The summed E-state index contributed by atoms with van der Waals surface area (Å²) in [6.07, 6.45) is 1.25. The van der Waals surface area contributed by atoms with E-state index < -0.39 is 0 Å². The fourth-order valence-electron chi connectivity index (χ4n) is 3.07. The van der Waals surface area contributed by atoms with Crippen molar-refractivity contribution in [3.63, 3.8) is 0 Å². The number of nitrogens with one attached hydrogen (secondary N) is 1. The summed E-state index contributed by atoms with van der Waals surface area (Å²) < 4.78 is 0. The Bertz CT molecular complexity index is 674. The number of benzene rings is 1. The molecule has 6 nitrogen and oxygen atoms in total. The molecule has 1 fully saturated rings. The van der Waals surface area contributed by atoms with Crippen LogP contribution in [0.5, 0.6) is 0 Å². The van der Waals surface area contributed by atoms with Gasteiger partial charge in [-0.25, -0.2) is 0 Å². The van der Waals surface area contributed by atoms with E-state index in [0.717, 1.165) is 37.6 Å². The van der Waals surface area contributed by atoms with Gasteiger partial charge in [-0.1, -0.05) is 37.6 Å². The number of aliphatic imine (C=N–C) groups is 1. The molecule has 8 heteroatoms. The Labute approximate surface area is 196 Å². The van der Waals surface area contributed by atoms with E-state index in [9.17, 15) is 9.90 Å². The SMILES string of the molecule is CCNC(=NCC(C)(CC)CO)N1CCN(C(=O)Cc2cccc(Cl)c2)CC1.I. The van der Waals surface area contributed by atoms with Gasteiger partial charge in [0, 0.05) is 43.2 Å². The summed E-state index contributed by atoms with van der Waals surface area (Å²) in [5.74, 6) is 0.986. The van der Waals surface area contributed by atoms with Crippen LogP contribution >= 0.6 is 35.6 Å². The van der Waals surface area contributed by atoms with Crippen LogP contribution < -0.4 is 5.32 Å². The van der Waals surface area contributed by atoms with Crippen molar-refractivity contribution < 1.29 is 9.90 Å². The van der Waals surface area contributed by atoms with Crippen LogP contribution in [0.15, 0.2) is 29.3 Å². The summed E-state index contributed by atoms with van der Waals surface area (Å²) in [4.78, 5) is 21.5. The first kappa shape index (κ1) is 26.0. The van der Waals surface area contributed by atoms with Gasteiger partial charge >= 0.3 is 0 Å². The number of hydrogen-bond donors (Lipinski definition) is 2. The molecular formula is C21H34ClIN4O2. The maximum Gasteiger partial charge on any atom is 0.227 e. The summed E-state index contributed by atoms with van der Waals surface area (Å²) in [5.41, 5.74) is 0.743. The second kappa shape index (κ2) is 12.6. The van der Waals surface area contributed by atoms with Gasteiger partial charge in [-0.3, -0.25) is 9.79 Å². The van der Waals surface area contributed by atoms with Crippen molar-refractivity contribution >= 4 is 47.4 Å². The number of aliphatic hydroxyl groups excluding tert-OH is 1. The molecule has 1 saturated heterocycles. The minimum atomic E-state index is -0.199. The number of nitrogens with zero attached hydrogens (tertiary/aromatic N) is 3. The van der Waals surface area contributed by atoms with Crippen LogP contribution in [0.2, 0.25) is 5.02 Å². The molecule has 2 N–H and O–H groups in total. The van der Waals surface area contributed by atoms with Crippen molar-refractivity contribution in [2.75, 3.05) is 45.9 Å². The van der Waals surface area contributed by atoms with E-state index in [4.69, 9.17) is 16.6 Å². The molecule has 1 amide bonds. The Morgan fingerprint density at radius 1 is 1.24 bits per heavy atom. The molecule has 0 saturated carbocycles. The average Bonchev–Trinajstić information content (AvgIpc) is 2.71. The second-order valence-electron chi connectivity index (χ2n) is 7.67. The zero-order valence-corrected chi connectivity index (χ0v) is 20.7. The number of amides is 1. The fraction of sp³-hybridized carbons (Fsp3) is 0.619. The van der Waals surface area contributed by atoms with Gasteiger partial charge in [0.15, 0.2) is 5.96 Å². The van der Waals surface area contributed by atoms with Gasteiger partial charge in [0.25, 0.3) is 0 Å². The highest BCUT2D eigenvalue weighted by atomic mass is 127. The molecule has 164 valence electrons. The predicted molar refractivity (Wildman–Crippen MR) is 130 cm³/mol. The molecule has 0 spiro atoms. The zero-order valence-electron chi connectivity index (χ0n) is 17.7. The van der Waals surface area contributed by atoms with Crippen LogP contribution in [0, 0.1) is 5.41 Å². The van der Waals surface area contributed by atoms with E-state index in [0.29, 0.717) is 31.1 Å². The highest BCUT2D eigenvalue weighted by Crippen LogP contribution is 2.20. The quantitative estimate of drug-likeness (QED) is 0.319. The summed E-state index contributed by atoms with van der Waals surface area (Å²) in [5, 5.41) is 13.6. The van der Waals surface area contributed by atoms with Gasteiger partial charge in [-0.15, -0.1) is 24.0 Å². The summed E-state index contributed by atoms with van der Waals surface area (Å²) >= 11 is 6.01. The Balaban J connectivity index is 0.00000420. The molecular weight excluding hydrogens is 503 g/mol. The Morgan fingerprint density at radius 3 is 2.45 bits per heavy atom. The van der Waals surface area contributed by atoms with Crippen LogP contribution in [0.3, 0.4) is 0 Å². The fourth-order valence-corrected chi connectivity index (χ4v) is 3.28. The van der Waals surface area contributed by atoms with E-state index in [2.05, 4.69) is 17.1 Å². The van der Waals surface area contributed by atoms with Crippen molar-refractivity contribution in [2.45, 2.75) is 33.6 Å².